The predicted molar refractivity (Wildman–Crippen MR) is 96.6 cm³/mol. The molecule has 0 radical (unpaired) electrons. The number of halogens is 2. The lowest BCUT2D eigenvalue weighted by molar-refractivity contribution is -0.384. The zero-order valence-electron chi connectivity index (χ0n) is 12.3. The molecule has 0 aliphatic carbocycles. The van der Waals surface area contributed by atoms with Crippen molar-refractivity contribution in [1.29, 1.82) is 0 Å². The van der Waals surface area contributed by atoms with Crippen LogP contribution in [0.3, 0.4) is 0 Å². The molecule has 2 rings (SSSR count). The predicted octanol–water partition coefficient (Wildman–Crippen LogP) is 3.89. The van der Waals surface area contributed by atoms with Crippen LogP contribution in [0.5, 0.6) is 5.75 Å². The molecule has 2 aromatic carbocycles. The van der Waals surface area contributed by atoms with Crippen LogP contribution < -0.4 is 10.2 Å². The molecule has 1 N–H and O–H groups in total. The number of ether oxygens (including phenoxy) is 1. The summed E-state index contributed by atoms with van der Waals surface area (Å²) in [4.78, 5) is 22.1. The van der Waals surface area contributed by atoms with E-state index in [-0.39, 0.29) is 11.3 Å². The summed E-state index contributed by atoms with van der Waals surface area (Å²) in [5.74, 6) is 0.106. The minimum atomic E-state index is -0.563. The number of non-ortho nitro benzene ring substituents is 1. The van der Waals surface area contributed by atoms with Gasteiger partial charge in [-0.15, -0.1) is 0 Å². The molecule has 124 valence electrons. The topological polar surface area (TPSA) is 93.8 Å². The second-order valence-corrected chi connectivity index (χ2v) is 6.23. The molecule has 1 amide bonds. The summed E-state index contributed by atoms with van der Waals surface area (Å²) in [5, 5.41) is 14.6. The molecule has 0 aliphatic rings. The highest BCUT2D eigenvalue weighted by molar-refractivity contribution is 9.11. The normalized spacial score (nSPS) is 10.6. The summed E-state index contributed by atoms with van der Waals surface area (Å²) in [5.41, 5.74) is 3.04. The van der Waals surface area contributed by atoms with Crippen LogP contribution in [-0.4, -0.2) is 24.2 Å². The third-order valence-electron chi connectivity index (χ3n) is 2.92. The van der Waals surface area contributed by atoms with Crippen LogP contribution in [0.15, 0.2) is 50.4 Å². The van der Waals surface area contributed by atoms with Gasteiger partial charge in [0.1, 0.15) is 5.75 Å². The van der Waals surface area contributed by atoms with Crippen molar-refractivity contribution in [3.8, 4) is 5.75 Å². The van der Waals surface area contributed by atoms with E-state index in [0.717, 1.165) is 8.95 Å². The second-order valence-electron chi connectivity index (χ2n) is 4.52. The number of carbonyl (C=O) groups is 1. The van der Waals surface area contributed by atoms with E-state index in [1.165, 1.54) is 30.5 Å². The summed E-state index contributed by atoms with van der Waals surface area (Å²) in [7, 11) is 1.55. The maximum absolute atomic E-state index is 12.0. The maximum atomic E-state index is 12.0. The highest BCUT2D eigenvalue weighted by atomic mass is 79.9. The van der Waals surface area contributed by atoms with Gasteiger partial charge < -0.3 is 4.74 Å². The molecule has 2 aromatic rings. The third kappa shape index (κ3) is 4.39. The summed E-state index contributed by atoms with van der Waals surface area (Å²) in [6.07, 6.45) is 1.45. The summed E-state index contributed by atoms with van der Waals surface area (Å²) < 4.78 is 6.65. The Morgan fingerprint density at radius 1 is 1.29 bits per heavy atom. The maximum Gasteiger partial charge on any atom is 0.271 e. The number of nitrogens with one attached hydrogen (secondary N) is 1. The van der Waals surface area contributed by atoms with Gasteiger partial charge in [0.25, 0.3) is 11.6 Å². The van der Waals surface area contributed by atoms with E-state index >= 15 is 0 Å². The Balaban J connectivity index is 2.10. The number of hydrazone groups is 1. The molecule has 9 heteroatoms. The minimum absolute atomic E-state index is 0.151. The molecule has 0 aromatic heterocycles. The molecular formula is C15H11Br2N3O4. The molecule has 0 heterocycles. The lowest BCUT2D eigenvalue weighted by atomic mass is 10.2. The number of carbonyl (C=O) groups excluding carboxylic acids is 1. The van der Waals surface area contributed by atoms with E-state index in [4.69, 9.17) is 4.74 Å². The van der Waals surface area contributed by atoms with Crippen LogP contribution in [0, 0.1) is 10.1 Å². The molecule has 0 unspecified atom stereocenters. The van der Waals surface area contributed by atoms with Crippen molar-refractivity contribution in [1.82, 2.24) is 5.43 Å². The number of nitro benzene ring substituents is 1. The van der Waals surface area contributed by atoms with E-state index in [9.17, 15) is 14.9 Å². The number of benzene rings is 2. The molecule has 0 bridgehead atoms. The van der Waals surface area contributed by atoms with Gasteiger partial charge in [-0.1, -0.05) is 6.07 Å². The first-order valence-electron chi connectivity index (χ1n) is 6.53. The van der Waals surface area contributed by atoms with E-state index in [1.807, 2.05) is 0 Å². The van der Waals surface area contributed by atoms with Crippen molar-refractivity contribution in [3.05, 3.63) is 66.6 Å². The molecule has 7 nitrogen and oxygen atoms in total. The molecule has 0 saturated heterocycles. The van der Waals surface area contributed by atoms with E-state index in [2.05, 4.69) is 42.4 Å². The first-order chi connectivity index (χ1) is 11.4. The Bertz CT molecular complexity index is 801. The van der Waals surface area contributed by atoms with Crippen LogP contribution in [0.2, 0.25) is 0 Å². The fraction of sp³-hybridized carbons (Fsp3) is 0.0667. The average Bonchev–Trinajstić information content (AvgIpc) is 2.54. The van der Waals surface area contributed by atoms with Crippen molar-refractivity contribution >= 4 is 49.7 Å². The van der Waals surface area contributed by atoms with Crippen molar-refractivity contribution < 1.29 is 14.5 Å². The Kier molecular flexibility index (Phi) is 6.04. The van der Waals surface area contributed by atoms with Crippen molar-refractivity contribution in [3.63, 3.8) is 0 Å². The van der Waals surface area contributed by atoms with Crippen molar-refractivity contribution in [2.24, 2.45) is 5.10 Å². The zero-order chi connectivity index (χ0) is 17.7. The van der Waals surface area contributed by atoms with Crippen LogP contribution in [0.1, 0.15) is 15.9 Å². The molecular weight excluding hydrogens is 446 g/mol. The molecule has 24 heavy (non-hydrogen) atoms. The first kappa shape index (κ1) is 18.1. The Hall–Kier alpha value is -2.26. The van der Waals surface area contributed by atoms with Gasteiger partial charge in [0.2, 0.25) is 0 Å². The van der Waals surface area contributed by atoms with Crippen LogP contribution >= 0.6 is 31.9 Å². The molecule has 0 spiro atoms. The van der Waals surface area contributed by atoms with Crippen LogP contribution in [0.4, 0.5) is 5.69 Å². The van der Waals surface area contributed by atoms with Crippen molar-refractivity contribution in [2.45, 2.75) is 0 Å². The fourth-order valence-electron chi connectivity index (χ4n) is 1.84. The fourth-order valence-corrected chi connectivity index (χ4v) is 3.39. The van der Waals surface area contributed by atoms with Gasteiger partial charge in [0.15, 0.2) is 0 Å². The number of hydrogen-bond acceptors (Lipinski definition) is 5. The van der Waals surface area contributed by atoms with Gasteiger partial charge >= 0.3 is 0 Å². The lowest BCUT2D eigenvalue weighted by Gasteiger charge is -2.06. The number of hydrogen-bond donors (Lipinski definition) is 1. The monoisotopic (exact) mass is 455 g/mol. The van der Waals surface area contributed by atoms with E-state index in [0.29, 0.717) is 11.3 Å². The smallest absolute Gasteiger partial charge is 0.271 e. The van der Waals surface area contributed by atoms with Crippen molar-refractivity contribution in [2.75, 3.05) is 7.11 Å². The van der Waals surface area contributed by atoms with E-state index < -0.39 is 10.8 Å². The Morgan fingerprint density at radius 3 is 2.54 bits per heavy atom. The van der Waals surface area contributed by atoms with Gasteiger partial charge in [0, 0.05) is 17.7 Å². The van der Waals surface area contributed by atoms with Gasteiger partial charge in [-0.2, -0.15) is 5.10 Å². The zero-order valence-corrected chi connectivity index (χ0v) is 15.5. The Morgan fingerprint density at radius 2 is 1.96 bits per heavy atom. The molecule has 0 fully saturated rings. The number of nitrogens with zero attached hydrogens (tertiary/aromatic N) is 2. The average molecular weight is 457 g/mol. The third-order valence-corrected chi connectivity index (χ3v) is 4.10. The van der Waals surface area contributed by atoms with Crippen LogP contribution in [-0.2, 0) is 0 Å². The minimum Gasteiger partial charge on any atom is -0.494 e. The van der Waals surface area contributed by atoms with Gasteiger partial charge in [-0.05, 0) is 55.6 Å². The molecule has 0 aliphatic heterocycles. The highest BCUT2D eigenvalue weighted by Gasteiger charge is 2.11. The second kappa shape index (κ2) is 8.02. The summed E-state index contributed by atoms with van der Waals surface area (Å²) in [6, 6.07) is 8.95. The number of nitro groups is 1. The SMILES string of the molecule is COc1c(Br)cc(/C=N/NC(=O)c2cccc([N+](=O)[O-])c2)cc1Br. The van der Waals surface area contributed by atoms with Crippen LogP contribution in [0.25, 0.3) is 0 Å². The standard InChI is InChI=1S/C15H11Br2N3O4/c1-24-14-12(16)5-9(6-13(14)17)8-18-19-15(21)10-3-2-4-11(7-10)20(22)23/h2-8H,1H3,(H,19,21)/b18-8+. The van der Waals surface area contributed by atoms with E-state index in [1.54, 1.807) is 19.2 Å². The number of methoxy groups -OCH3 is 1. The molecule has 0 saturated carbocycles. The molecule has 0 atom stereocenters. The number of rotatable bonds is 5. The number of amides is 1. The largest absolute Gasteiger partial charge is 0.494 e. The van der Waals surface area contributed by atoms with Gasteiger partial charge in [-0.25, -0.2) is 5.43 Å². The lowest BCUT2D eigenvalue weighted by Crippen LogP contribution is -2.17. The summed E-state index contributed by atoms with van der Waals surface area (Å²) in [6.45, 7) is 0. The summed E-state index contributed by atoms with van der Waals surface area (Å²) >= 11 is 6.74. The quantitative estimate of drug-likeness (QED) is 0.419. The van der Waals surface area contributed by atoms with Gasteiger partial charge in [0.05, 0.1) is 27.2 Å². The Labute approximate surface area is 154 Å². The first-order valence-corrected chi connectivity index (χ1v) is 8.12. The van der Waals surface area contributed by atoms with Gasteiger partial charge in [-0.3, -0.25) is 14.9 Å². The highest BCUT2D eigenvalue weighted by Crippen LogP contribution is 2.33.